The van der Waals surface area contributed by atoms with Crippen molar-refractivity contribution in [3.63, 3.8) is 0 Å². The molecule has 0 atom stereocenters. The van der Waals surface area contributed by atoms with E-state index in [9.17, 15) is 13.2 Å². The Morgan fingerprint density at radius 2 is 1.20 bits per heavy atom. The Morgan fingerprint density at radius 1 is 0.743 bits per heavy atom. The Balaban J connectivity index is 1.82. The molecule has 0 bridgehead atoms. The van der Waals surface area contributed by atoms with Crippen LogP contribution in [0.2, 0.25) is 20.1 Å². The molecular weight excluding hydrogens is 548 g/mol. The van der Waals surface area contributed by atoms with Crippen molar-refractivity contribution in [3.05, 3.63) is 109 Å². The number of benzene rings is 3. The van der Waals surface area contributed by atoms with E-state index >= 15 is 0 Å². The maximum absolute atomic E-state index is 13.5. The maximum atomic E-state index is 13.5. The molecule has 3 aromatic rings. The van der Waals surface area contributed by atoms with Gasteiger partial charge >= 0.3 is 0 Å². The number of rotatable bonds is 4. The molecule has 1 heterocycles. The van der Waals surface area contributed by atoms with Crippen LogP contribution in [0.15, 0.2) is 76.7 Å². The number of carbonyl (C=O) groups excluding carboxylic acids is 1. The highest BCUT2D eigenvalue weighted by Crippen LogP contribution is 2.31. The van der Waals surface area contributed by atoms with Crippen LogP contribution in [-0.2, 0) is 14.8 Å². The van der Waals surface area contributed by atoms with Crippen LogP contribution in [0.25, 0.3) is 12.2 Å². The monoisotopic (exact) mass is 565 g/mol. The maximum Gasteiger partial charge on any atom is 0.243 e. The van der Waals surface area contributed by atoms with E-state index in [1.165, 1.54) is 4.31 Å². The Morgan fingerprint density at radius 3 is 1.63 bits per heavy atom. The fraction of sp³-hybridized carbons (Fsp3) is 0.115. The van der Waals surface area contributed by atoms with E-state index in [1.807, 2.05) is 6.92 Å². The molecule has 9 heteroatoms. The van der Waals surface area contributed by atoms with Crippen molar-refractivity contribution in [2.24, 2.45) is 0 Å². The Labute approximate surface area is 224 Å². The number of ketones is 1. The zero-order chi connectivity index (χ0) is 25.3. The molecule has 0 unspecified atom stereocenters. The number of Topliss-reactive ketones (excluding diaryl/α,β-unsaturated/α-hetero) is 1. The minimum Gasteiger partial charge on any atom is -0.289 e. The summed E-state index contributed by atoms with van der Waals surface area (Å²) in [6.45, 7) is 1.66. The first-order chi connectivity index (χ1) is 16.5. The van der Waals surface area contributed by atoms with Gasteiger partial charge in [0, 0.05) is 44.3 Å². The van der Waals surface area contributed by atoms with E-state index in [4.69, 9.17) is 46.4 Å². The van der Waals surface area contributed by atoms with Crippen molar-refractivity contribution in [3.8, 4) is 0 Å². The lowest BCUT2D eigenvalue weighted by atomic mass is 9.95. The summed E-state index contributed by atoms with van der Waals surface area (Å²) in [6.07, 6.45) is 3.18. The second kappa shape index (κ2) is 10.5. The van der Waals surface area contributed by atoms with Crippen molar-refractivity contribution >= 4 is 74.4 Å². The molecule has 0 amide bonds. The van der Waals surface area contributed by atoms with Gasteiger partial charge in [-0.25, -0.2) is 8.42 Å². The molecule has 1 aliphatic heterocycles. The van der Waals surface area contributed by atoms with E-state index in [-0.39, 0.29) is 34.9 Å². The molecule has 0 N–H and O–H groups in total. The summed E-state index contributed by atoms with van der Waals surface area (Å²) in [7, 11) is -3.90. The average molecular weight is 567 g/mol. The number of carbonyl (C=O) groups is 1. The molecule has 0 radical (unpaired) electrons. The smallest absolute Gasteiger partial charge is 0.243 e. The van der Waals surface area contributed by atoms with Gasteiger partial charge in [0.15, 0.2) is 5.78 Å². The van der Waals surface area contributed by atoms with Gasteiger partial charge in [0.1, 0.15) is 0 Å². The van der Waals surface area contributed by atoms with Gasteiger partial charge in [-0.15, -0.1) is 0 Å². The predicted molar refractivity (Wildman–Crippen MR) is 144 cm³/mol. The third-order valence-electron chi connectivity index (χ3n) is 5.52. The van der Waals surface area contributed by atoms with Gasteiger partial charge < -0.3 is 0 Å². The van der Waals surface area contributed by atoms with Crippen LogP contribution in [0.3, 0.4) is 0 Å². The Bertz CT molecular complexity index is 1410. The molecule has 0 aliphatic carbocycles. The minimum atomic E-state index is -3.90. The van der Waals surface area contributed by atoms with E-state index in [2.05, 4.69) is 0 Å². The summed E-state index contributed by atoms with van der Waals surface area (Å²) in [5.74, 6) is -0.294. The first-order valence-electron chi connectivity index (χ1n) is 10.5. The zero-order valence-electron chi connectivity index (χ0n) is 18.4. The number of halogens is 4. The SMILES string of the molecule is Cc1ccc(S(=O)(=O)N2C/C(=C/c3ccc(Cl)cc3Cl)C(=O)/C(=C/c3ccc(Cl)cc3Cl)C2)cc1. The Hall–Kier alpha value is -2.12. The topological polar surface area (TPSA) is 54.5 Å². The lowest BCUT2D eigenvalue weighted by molar-refractivity contribution is -0.113. The van der Waals surface area contributed by atoms with Crippen LogP contribution in [0, 0.1) is 6.92 Å². The van der Waals surface area contributed by atoms with Crippen molar-refractivity contribution in [1.29, 1.82) is 0 Å². The molecule has 1 fully saturated rings. The van der Waals surface area contributed by atoms with E-state index in [1.54, 1.807) is 72.8 Å². The van der Waals surface area contributed by atoms with Crippen LogP contribution in [0.1, 0.15) is 16.7 Å². The van der Waals surface area contributed by atoms with Crippen molar-refractivity contribution < 1.29 is 13.2 Å². The Kier molecular flexibility index (Phi) is 7.77. The van der Waals surface area contributed by atoms with Crippen LogP contribution in [0.5, 0.6) is 0 Å². The van der Waals surface area contributed by atoms with Crippen LogP contribution in [-0.4, -0.2) is 31.6 Å². The molecule has 3 aromatic carbocycles. The van der Waals surface area contributed by atoms with Crippen LogP contribution >= 0.6 is 46.4 Å². The van der Waals surface area contributed by atoms with Gasteiger partial charge in [-0.2, -0.15) is 4.31 Å². The van der Waals surface area contributed by atoms with E-state index in [0.717, 1.165) is 5.56 Å². The van der Waals surface area contributed by atoms with Gasteiger partial charge in [0.25, 0.3) is 0 Å². The molecule has 0 aromatic heterocycles. The number of hydrogen-bond acceptors (Lipinski definition) is 3. The molecular formula is C26H19Cl4NO3S. The summed E-state index contributed by atoms with van der Waals surface area (Å²) < 4.78 is 28.3. The van der Waals surface area contributed by atoms with E-state index in [0.29, 0.717) is 31.2 Å². The van der Waals surface area contributed by atoms with Crippen molar-refractivity contribution in [1.82, 2.24) is 4.31 Å². The minimum absolute atomic E-state index is 0.111. The summed E-state index contributed by atoms with van der Waals surface area (Å²) >= 11 is 24.6. The number of sulfonamides is 1. The largest absolute Gasteiger partial charge is 0.289 e. The molecule has 0 saturated carbocycles. The molecule has 0 spiro atoms. The van der Waals surface area contributed by atoms with Crippen LogP contribution in [0.4, 0.5) is 0 Å². The highest BCUT2D eigenvalue weighted by Gasteiger charge is 2.34. The fourth-order valence-corrected chi connectivity index (χ4v) is 5.97. The second-order valence-electron chi connectivity index (χ2n) is 8.09. The first kappa shape index (κ1) is 26.0. The summed E-state index contributed by atoms with van der Waals surface area (Å²) in [5, 5.41) is 1.60. The summed E-state index contributed by atoms with van der Waals surface area (Å²) in [4.78, 5) is 13.6. The highest BCUT2D eigenvalue weighted by molar-refractivity contribution is 7.89. The number of hydrogen-bond donors (Lipinski definition) is 0. The van der Waals surface area contributed by atoms with Gasteiger partial charge in [0.2, 0.25) is 10.0 Å². The number of piperidine rings is 1. The summed E-state index contributed by atoms with van der Waals surface area (Å²) in [6, 6.07) is 16.4. The summed E-state index contributed by atoms with van der Waals surface area (Å²) in [5.41, 5.74) is 2.59. The van der Waals surface area contributed by atoms with Crippen molar-refractivity contribution in [2.45, 2.75) is 11.8 Å². The normalized spacial score (nSPS) is 17.3. The lowest BCUT2D eigenvalue weighted by Gasteiger charge is -2.29. The quantitative estimate of drug-likeness (QED) is 0.310. The molecule has 1 saturated heterocycles. The van der Waals surface area contributed by atoms with Gasteiger partial charge in [0.05, 0.1) is 4.90 Å². The third-order valence-corrected chi connectivity index (χ3v) is 8.45. The second-order valence-corrected chi connectivity index (χ2v) is 11.7. The van der Waals surface area contributed by atoms with Crippen LogP contribution < -0.4 is 0 Å². The third kappa shape index (κ3) is 5.83. The average Bonchev–Trinajstić information content (AvgIpc) is 2.80. The van der Waals surface area contributed by atoms with Gasteiger partial charge in [-0.1, -0.05) is 76.2 Å². The zero-order valence-corrected chi connectivity index (χ0v) is 22.3. The molecule has 1 aliphatic rings. The number of nitrogens with zero attached hydrogens (tertiary/aromatic N) is 1. The first-order valence-corrected chi connectivity index (χ1v) is 13.4. The molecule has 4 nitrogen and oxygen atoms in total. The molecule has 180 valence electrons. The fourth-order valence-electron chi connectivity index (χ4n) is 3.65. The van der Waals surface area contributed by atoms with Crippen molar-refractivity contribution in [2.75, 3.05) is 13.1 Å². The predicted octanol–water partition coefficient (Wildman–Crippen LogP) is 7.35. The lowest BCUT2D eigenvalue weighted by Crippen LogP contribution is -2.41. The standard InChI is InChI=1S/C26H19Cl4NO3S/c1-16-2-8-23(9-3-16)35(33,34)31-14-19(10-17-4-6-21(27)12-24(17)29)26(32)20(15-31)11-18-5-7-22(28)13-25(18)30/h2-13H,14-15H2,1H3/b19-10-,20-11+. The van der Waals surface area contributed by atoms with E-state index < -0.39 is 10.0 Å². The number of aryl methyl sites for hydroxylation is 1. The molecule has 35 heavy (non-hydrogen) atoms. The van der Waals surface area contributed by atoms with Gasteiger partial charge in [-0.3, -0.25) is 4.79 Å². The van der Waals surface area contributed by atoms with Gasteiger partial charge in [-0.05, 0) is 66.6 Å². The molecule has 4 rings (SSSR count). The highest BCUT2D eigenvalue weighted by atomic mass is 35.5.